The molecule has 1 saturated heterocycles. The molecule has 1 unspecified atom stereocenters. The highest BCUT2D eigenvalue weighted by atomic mass is 16.1. The van der Waals surface area contributed by atoms with E-state index in [1.807, 2.05) is 47.1 Å². The van der Waals surface area contributed by atoms with Crippen molar-refractivity contribution >= 4 is 11.6 Å². The molecule has 1 amide bonds. The molecule has 1 N–H and O–H groups in total. The minimum atomic E-state index is -0.137. The number of likely N-dealkylation sites (N-methyl/N-ethyl adjacent to an activating group) is 1. The molecule has 168 valence electrons. The highest BCUT2D eigenvalue weighted by molar-refractivity contribution is 5.94. The van der Waals surface area contributed by atoms with E-state index in [1.165, 1.54) is 0 Å². The second-order valence-corrected chi connectivity index (χ2v) is 8.29. The van der Waals surface area contributed by atoms with Gasteiger partial charge in [-0.1, -0.05) is 6.07 Å². The van der Waals surface area contributed by atoms with Gasteiger partial charge in [-0.15, -0.1) is 10.2 Å². The molecule has 5 heterocycles. The van der Waals surface area contributed by atoms with Crippen molar-refractivity contribution in [3.05, 3.63) is 89.9 Å². The highest BCUT2D eigenvalue weighted by Crippen LogP contribution is 2.24. The largest absolute Gasteiger partial charge is 0.348 e. The molecule has 9 heteroatoms. The number of rotatable bonds is 6. The Bertz CT molecular complexity index is 1230. The summed E-state index contributed by atoms with van der Waals surface area (Å²) in [5.74, 6) is 0.698. The number of amides is 1. The van der Waals surface area contributed by atoms with Gasteiger partial charge in [-0.3, -0.25) is 29.0 Å². The lowest BCUT2D eigenvalue weighted by molar-refractivity contribution is 0.0844. The van der Waals surface area contributed by atoms with E-state index in [2.05, 4.69) is 48.4 Å². The van der Waals surface area contributed by atoms with Gasteiger partial charge in [-0.05, 0) is 49.0 Å². The van der Waals surface area contributed by atoms with Crippen LogP contribution in [0.4, 0.5) is 0 Å². The van der Waals surface area contributed by atoms with Gasteiger partial charge in [-0.2, -0.15) is 0 Å². The van der Waals surface area contributed by atoms with E-state index in [0.717, 1.165) is 48.9 Å². The maximum Gasteiger partial charge on any atom is 0.253 e. The zero-order chi connectivity index (χ0) is 22.6. The molecule has 0 spiro atoms. The van der Waals surface area contributed by atoms with E-state index in [0.29, 0.717) is 12.1 Å². The Morgan fingerprint density at radius 3 is 2.76 bits per heavy atom. The third-order valence-corrected chi connectivity index (χ3v) is 6.04. The molecule has 0 radical (unpaired) electrons. The van der Waals surface area contributed by atoms with E-state index in [9.17, 15) is 4.79 Å². The summed E-state index contributed by atoms with van der Waals surface area (Å²) in [5, 5.41) is 11.8. The number of nitrogens with one attached hydrogen (secondary N) is 1. The number of hydrogen-bond donors (Lipinski definition) is 1. The van der Waals surface area contributed by atoms with Crippen LogP contribution in [0.15, 0.2) is 67.3 Å². The maximum atomic E-state index is 12.8. The van der Waals surface area contributed by atoms with Crippen LogP contribution in [0.5, 0.6) is 0 Å². The van der Waals surface area contributed by atoms with E-state index in [1.54, 1.807) is 18.5 Å². The maximum absolute atomic E-state index is 12.8. The Morgan fingerprint density at radius 1 is 1.06 bits per heavy atom. The van der Waals surface area contributed by atoms with Crippen LogP contribution in [-0.4, -0.2) is 67.0 Å². The molecule has 1 fully saturated rings. The van der Waals surface area contributed by atoms with E-state index >= 15 is 0 Å². The van der Waals surface area contributed by atoms with Gasteiger partial charge in [0.25, 0.3) is 5.91 Å². The molecule has 0 aliphatic carbocycles. The smallest absolute Gasteiger partial charge is 0.253 e. The number of fused-ring (bicyclic) bond motifs is 1. The fourth-order valence-corrected chi connectivity index (χ4v) is 4.13. The van der Waals surface area contributed by atoms with Crippen molar-refractivity contribution in [2.24, 2.45) is 0 Å². The van der Waals surface area contributed by atoms with Gasteiger partial charge < -0.3 is 5.32 Å². The summed E-state index contributed by atoms with van der Waals surface area (Å²) in [7, 11) is 2.11. The lowest BCUT2D eigenvalue weighted by atomic mass is 10.1. The SMILES string of the molecule is CN1CCN(Cc2ccccn2)CC1c1nnc2ccc(C(=O)NCc3ccncc3)cn12. The second-order valence-electron chi connectivity index (χ2n) is 8.29. The molecule has 0 bridgehead atoms. The molecule has 9 nitrogen and oxygen atoms in total. The van der Waals surface area contributed by atoms with Crippen molar-refractivity contribution in [3.8, 4) is 0 Å². The summed E-state index contributed by atoms with van der Waals surface area (Å²) in [6.45, 7) is 3.93. The summed E-state index contributed by atoms with van der Waals surface area (Å²) in [5.41, 5.74) is 3.36. The number of nitrogens with zero attached hydrogens (tertiary/aromatic N) is 7. The third-order valence-electron chi connectivity index (χ3n) is 6.04. The van der Waals surface area contributed by atoms with Crippen LogP contribution in [0.1, 0.15) is 33.5 Å². The first-order chi connectivity index (χ1) is 16.2. The quantitative estimate of drug-likeness (QED) is 0.488. The molecule has 4 aromatic heterocycles. The third kappa shape index (κ3) is 4.74. The lowest BCUT2D eigenvalue weighted by Crippen LogP contribution is -2.46. The van der Waals surface area contributed by atoms with Crippen molar-refractivity contribution < 1.29 is 4.79 Å². The molecule has 0 aromatic carbocycles. The van der Waals surface area contributed by atoms with Crippen molar-refractivity contribution in [1.29, 1.82) is 0 Å². The summed E-state index contributed by atoms with van der Waals surface area (Å²) in [6, 6.07) is 13.5. The fraction of sp³-hybridized carbons (Fsp3) is 0.292. The van der Waals surface area contributed by atoms with Crippen LogP contribution in [0.3, 0.4) is 0 Å². The second kappa shape index (κ2) is 9.43. The minimum absolute atomic E-state index is 0.0626. The van der Waals surface area contributed by atoms with E-state index < -0.39 is 0 Å². The van der Waals surface area contributed by atoms with Gasteiger partial charge in [-0.25, -0.2) is 0 Å². The van der Waals surface area contributed by atoms with Crippen molar-refractivity contribution in [3.63, 3.8) is 0 Å². The zero-order valence-corrected chi connectivity index (χ0v) is 18.5. The normalized spacial score (nSPS) is 17.3. The number of pyridine rings is 3. The van der Waals surface area contributed by atoms with Gasteiger partial charge in [0, 0.05) is 57.5 Å². The average molecular weight is 443 g/mol. The van der Waals surface area contributed by atoms with E-state index in [-0.39, 0.29) is 11.9 Å². The standard InChI is InChI=1S/C24H26N8O/c1-30-12-13-31(16-20-4-2-3-9-26-20)17-21(30)23-29-28-22-6-5-19(15-32(22)23)24(33)27-14-18-7-10-25-11-8-18/h2-11,15,21H,12-14,16-17H2,1H3,(H,27,33). The van der Waals surface area contributed by atoms with Gasteiger partial charge >= 0.3 is 0 Å². The molecular weight excluding hydrogens is 416 g/mol. The molecular formula is C24H26N8O. The molecule has 33 heavy (non-hydrogen) atoms. The summed E-state index contributed by atoms with van der Waals surface area (Å²) >= 11 is 0. The summed E-state index contributed by atoms with van der Waals surface area (Å²) in [4.78, 5) is 25.9. The molecule has 5 rings (SSSR count). The molecule has 0 saturated carbocycles. The topological polar surface area (TPSA) is 91.5 Å². The predicted molar refractivity (Wildman–Crippen MR) is 123 cm³/mol. The van der Waals surface area contributed by atoms with Gasteiger partial charge in [0.2, 0.25) is 0 Å². The fourth-order valence-electron chi connectivity index (χ4n) is 4.13. The first kappa shape index (κ1) is 21.2. The molecule has 1 aliphatic heterocycles. The zero-order valence-electron chi connectivity index (χ0n) is 18.5. The first-order valence-electron chi connectivity index (χ1n) is 11.0. The summed E-state index contributed by atoms with van der Waals surface area (Å²) in [6.07, 6.45) is 7.10. The number of piperazine rings is 1. The van der Waals surface area contributed by atoms with Crippen LogP contribution in [0.25, 0.3) is 5.65 Å². The number of carbonyl (C=O) groups is 1. The minimum Gasteiger partial charge on any atom is -0.348 e. The van der Waals surface area contributed by atoms with Gasteiger partial charge in [0.1, 0.15) is 0 Å². The highest BCUT2D eigenvalue weighted by Gasteiger charge is 2.29. The Kier molecular flexibility index (Phi) is 6.05. The van der Waals surface area contributed by atoms with Crippen LogP contribution in [0, 0.1) is 0 Å². The number of carbonyl (C=O) groups excluding carboxylic acids is 1. The number of aromatic nitrogens is 5. The van der Waals surface area contributed by atoms with Crippen molar-refractivity contribution in [1.82, 2.24) is 39.7 Å². The number of hydrogen-bond acceptors (Lipinski definition) is 7. The van der Waals surface area contributed by atoms with Crippen molar-refractivity contribution in [2.75, 3.05) is 26.7 Å². The Balaban J connectivity index is 1.34. The average Bonchev–Trinajstić information content (AvgIpc) is 3.28. The molecule has 1 aliphatic rings. The van der Waals surface area contributed by atoms with Crippen LogP contribution < -0.4 is 5.32 Å². The van der Waals surface area contributed by atoms with Gasteiger partial charge in [0.05, 0.1) is 17.3 Å². The van der Waals surface area contributed by atoms with Crippen LogP contribution in [0.2, 0.25) is 0 Å². The first-order valence-corrected chi connectivity index (χ1v) is 11.0. The van der Waals surface area contributed by atoms with E-state index in [4.69, 9.17) is 0 Å². The van der Waals surface area contributed by atoms with Gasteiger partial charge in [0.15, 0.2) is 11.5 Å². The Labute approximate surface area is 192 Å². The summed E-state index contributed by atoms with van der Waals surface area (Å²) < 4.78 is 1.94. The Morgan fingerprint density at radius 2 is 1.94 bits per heavy atom. The monoisotopic (exact) mass is 442 g/mol. The Hall–Kier alpha value is -3.69. The lowest BCUT2D eigenvalue weighted by Gasteiger charge is -2.38. The van der Waals surface area contributed by atoms with Crippen LogP contribution >= 0.6 is 0 Å². The molecule has 4 aromatic rings. The van der Waals surface area contributed by atoms with Crippen LogP contribution in [-0.2, 0) is 13.1 Å². The van der Waals surface area contributed by atoms with Crippen molar-refractivity contribution in [2.45, 2.75) is 19.1 Å². The molecule has 1 atom stereocenters. The predicted octanol–water partition coefficient (Wildman–Crippen LogP) is 1.94.